The number of nitrogens with zero attached hydrogens (tertiary/aromatic N) is 3. The van der Waals surface area contributed by atoms with E-state index in [1.165, 1.54) is 11.5 Å². The maximum absolute atomic E-state index is 9.21. The fourth-order valence-electron chi connectivity index (χ4n) is 2.75. The van der Waals surface area contributed by atoms with Gasteiger partial charge in [-0.1, -0.05) is 41.4 Å². The van der Waals surface area contributed by atoms with Gasteiger partial charge in [0.05, 0.1) is 19.3 Å². The summed E-state index contributed by atoms with van der Waals surface area (Å²) in [6.07, 6.45) is 0. The molecule has 1 aliphatic heterocycles. The van der Waals surface area contributed by atoms with E-state index in [1.807, 2.05) is 24.3 Å². The van der Waals surface area contributed by atoms with Crippen LogP contribution >= 0.6 is 34.7 Å². The van der Waals surface area contributed by atoms with E-state index < -0.39 is 0 Å². The van der Waals surface area contributed by atoms with Crippen LogP contribution in [-0.2, 0) is 4.74 Å². The molecule has 0 saturated carbocycles. The number of aromatic nitrogens is 1. The minimum atomic E-state index is 0.0787. The molecule has 24 heavy (non-hydrogen) atoms. The number of anilines is 1. The molecule has 0 bridgehead atoms. The van der Waals surface area contributed by atoms with Gasteiger partial charge in [0.15, 0.2) is 5.15 Å². The van der Waals surface area contributed by atoms with Crippen LogP contribution in [0, 0.1) is 11.3 Å². The molecule has 2 aromatic rings. The maximum Gasteiger partial charge on any atom is 0.162 e. The zero-order chi connectivity index (χ0) is 16.9. The molecule has 126 valence electrons. The first-order valence-corrected chi connectivity index (χ1v) is 9.09. The standard InChI is InChI=1S/C16H16Cl2N4OS/c17-13-4-2-1-3-11(13)14(22-5-7-23-8-6-22)10-20-16-12(9-19)15(18)21-24-16/h1-4,14,20H,5-8,10H2. The lowest BCUT2D eigenvalue weighted by Crippen LogP contribution is -2.41. The molecule has 3 rings (SSSR count). The van der Waals surface area contributed by atoms with Crippen LogP contribution in [0.3, 0.4) is 0 Å². The SMILES string of the molecule is N#Cc1c(Cl)nsc1NCC(c1ccccc1Cl)N1CCOCC1. The van der Waals surface area contributed by atoms with E-state index in [9.17, 15) is 5.26 Å². The average Bonchev–Trinajstić information content (AvgIpc) is 2.97. The van der Waals surface area contributed by atoms with Gasteiger partial charge in [-0.15, -0.1) is 0 Å². The molecule has 0 amide bonds. The van der Waals surface area contributed by atoms with Crippen molar-refractivity contribution >= 4 is 39.7 Å². The molecule has 0 radical (unpaired) electrons. The largest absolute Gasteiger partial charge is 0.379 e. The van der Waals surface area contributed by atoms with Crippen molar-refractivity contribution in [2.45, 2.75) is 6.04 Å². The Kier molecular flexibility index (Phi) is 5.93. The third-order valence-electron chi connectivity index (χ3n) is 3.97. The highest BCUT2D eigenvalue weighted by atomic mass is 35.5. The topological polar surface area (TPSA) is 61.2 Å². The molecule has 1 aromatic carbocycles. The van der Waals surface area contributed by atoms with Crippen molar-refractivity contribution in [2.24, 2.45) is 0 Å². The Morgan fingerprint density at radius 1 is 1.33 bits per heavy atom. The summed E-state index contributed by atoms with van der Waals surface area (Å²) in [5.41, 5.74) is 1.45. The van der Waals surface area contributed by atoms with Crippen molar-refractivity contribution in [3.05, 3.63) is 45.6 Å². The summed E-state index contributed by atoms with van der Waals surface area (Å²) in [6.45, 7) is 3.70. The first-order chi connectivity index (χ1) is 11.7. The third kappa shape index (κ3) is 3.82. The zero-order valence-corrected chi connectivity index (χ0v) is 15.2. The van der Waals surface area contributed by atoms with E-state index in [4.69, 9.17) is 27.9 Å². The van der Waals surface area contributed by atoms with Gasteiger partial charge in [0.25, 0.3) is 0 Å². The van der Waals surface area contributed by atoms with Gasteiger partial charge in [0.1, 0.15) is 16.6 Å². The average molecular weight is 383 g/mol. The van der Waals surface area contributed by atoms with Crippen LogP contribution in [0.2, 0.25) is 10.2 Å². The second kappa shape index (κ2) is 8.15. The lowest BCUT2D eigenvalue weighted by Gasteiger charge is -2.35. The first-order valence-electron chi connectivity index (χ1n) is 7.56. The second-order valence-electron chi connectivity index (χ2n) is 5.36. The fraction of sp³-hybridized carbons (Fsp3) is 0.375. The lowest BCUT2D eigenvalue weighted by molar-refractivity contribution is 0.0187. The van der Waals surface area contributed by atoms with Gasteiger partial charge in [0.2, 0.25) is 0 Å². The molecule has 0 aliphatic carbocycles. The van der Waals surface area contributed by atoms with Gasteiger partial charge in [-0.3, -0.25) is 4.90 Å². The van der Waals surface area contributed by atoms with E-state index in [2.05, 4.69) is 20.7 Å². The van der Waals surface area contributed by atoms with Gasteiger partial charge in [0, 0.05) is 24.7 Å². The number of nitrogens with one attached hydrogen (secondary N) is 1. The first kappa shape index (κ1) is 17.5. The number of morpholine rings is 1. The maximum atomic E-state index is 9.21. The van der Waals surface area contributed by atoms with E-state index >= 15 is 0 Å². The summed E-state index contributed by atoms with van der Waals surface area (Å²) in [4.78, 5) is 2.34. The van der Waals surface area contributed by atoms with Crippen molar-refractivity contribution < 1.29 is 4.74 Å². The van der Waals surface area contributed by atoms with Gasteiger partial charge in [-0.05, 0) is 23.2 Å². The Hall–Kier alpha value is -1.36. The summed E-state index contributed by atoms with van der Waals surface area (Å²) in [5.74, 6) is 0. The predicted octanol–water partition coefficient (Wildman–Crippen LogP) is 3.81. The molecule has 1 saturated heterocycles. The number of hydrogen-bond donors (Lipinski definition) is 1. The Labute approximate surface area is 154 Å². The minimum Gasteiger partial charge on any atom is -0.379 e. The molecule has 1 atom stereocenters. The van der Waals surface area contributed by atoms with Gasteiger partial charge < -0.3 is 10.1 Å². The summed E-state index contributed by atoms with van der Waals surface area (Å²) in [7, 11) is 0. The second-order valence-corrected chi connectivity index (χ2v) is 6.89. The molecule has 1 aromatic heterocycles. The normalized spacial score (nSPS) is 16.5. The van der Waals surface area contributed by atoms with Crippen molar-refractivity contribution in [1.29, 1.82) is 5.26 Å². The molecule has 1 unspecified atom stereocenters. The number of halogens is 2. The molecular weight excluding hydrogens is 367 g/mol. The Morgan fingerprint density at radius 2 is 2.08 bits per heavy atom. The van der Waals surface area contributed by atoms with Crippen LogP contribution in [0.15, 0.2) is 24.3 Å². The van der Waals surface area contributed by atoms with Crippen LogP contribution in [-0.4, -0.2) is 42.1 Å². The highest BCUT2D eigenvalue weighted by molar-refractivity contribution is 7.10. The van der Waals surface area contributed by atoms with Crippen LogP contribution < -0.4 is 5.32 Å². The van der Waals surface area contributed by atoms with E-state index in [0.717, 1.165) is 23.7 Å². The third-order valence-corrected chi connectivity index (χ3v) is 5.49. The predicted molar refractivity (Wildman–Crippen MR) is 96.9 cm³/mol. The number of ether oxygens (including phenoxy) is 1. The highest BCUT2D eigenvalue weighted by Crippen LogP contribution is 2.31. The number of rotatable bonds is 5. The monoisotopic (exact) mass is 382 g/mol. The van der Waals surface area contributed by atoms with Gasteiger partial charge in [-0.2, -0.15) is 9.64 Å². The van der Waals surface area contributed by atoms with E-state index in [-0.39, 0.29) is 11.2 Å². The highest BCUT2D eigenvalue weighted by Gasteiger charge is 2.25. The molecule has 1 fully saturated rings. The zero-order valence-electron chi connectivity index (χ0n) is 12.8. The molecule has 1 N–H and O–H groups in total. The van der Waals surface area contributed by atoms with Crippen LogP contribution in [0.5, 0.6) is 0 Å². The summed E-state index contributed by atoms with van der Waals surface area (Å²) >= 11 is 13.6. The fourth-order valence-corrected chi connectivity index (χ4v) is 3.95. The number of hydrogen-bond acceptors (Lipinski definition) is 6. The van der Waals surface area contributed by atoms with Crippen LogP contribution in [0.25, 0.3) is 0 Å². The molecule has 1 aliphatic rings. The Bertz CT molecular complexity index is 740. The molecule has 2 heterocycles. The molecule has 8 heteroatoms. The quantitative estimate of drug-likeness (QED) is 0.851. The minimum absolute atomic E-state index is 0.0787. The molecule has 0 spiro atoms. The van der Waals surface area contributed by atoms with Crippen molar-refractivity contribution in [2.75, 3.05) is 38.2 Å². The Balaban J connectivity index is 1.82. The van der Waals surface area contributed by atoms with E-state index in [1.54, 1.807) is 0 Å². The van der Waals surface area contributed by atoms with E-state index in [0.29, 0.717) is 30.3 Å². The summed E-state index contributed by atoms with van der Waals surface area (Å²) in [6, 6.07) is 10.0. The summed E-state index contributed by atoms with van der Waals surface area (Å²) in [5, 5.41) is 14.2. The molecular formula is C16H16Cl2N4OS. The molecule has 5 nitrogen and oxygen atoms in total. The lowest BCUT2D eigenvalue weighted by atomic mass is 10.0. The van der Waals surface area contributed by atoms with Crippen molar-refractivity contribution in [3.8, 4) is 6.07 Å². The number of benzene rings is 1. The van der Waals surface area contributed by atoms with Gasteiger partial charge >= 0.3 is 0 Å². The number of nitriles is 1. The van der Waals surface area contributed by atoms with Crippen LogP contribution in [0.4, 0.5) is 5.00 Å². The summed E-state index contributed by atoms with van der Waals surface area (Å²) < 4.78 is 9.49. The van der Waals surface area contributed by atoms with Crippen molar-refractivity contribution in [3.63, 3.8) is 0 Å². The smallest absolute Gasteiger partial charge is 0.162 e. The van der Waals surface area contributed by atoms with Crippen molar-refractivity contribution in [1.82, 2.24) is 9.27 Å². The Morgan fingerprint density at radius 3 is 2.79 bits per heavy atom. The van der Waals surface area contributed by atoms with Gasteiger partial charge in [-0.25, -0.2) is 0 Å². The van der Waals surface area contributed by atoms with Crippen LogP contribution in [0.1, 0.15) is 17.2 Å².